The van der Waals surface area contributed by atoms with Crippen molar-refractivity contribution in [2.24, 2.45) is 0 Å². The van der Waals surface area contributed by atoms with Crippen LogP contribution >= 0.6 is 0 Å². The van der Waals surface area contributed by atoms with E-state index in [2.05, 4.69) is 12.1 Å². The van der Waals surface area contributed by atoms with Gasteiger partial charge in [-0.3, -0.25) is 4.68 Å². The Morgan fingerprint density at radius 1 is 0.816 bits per heavy atom. The average molecular weight is 519 g/mol. The number of hydrogen-bond acceptors (Lipinski definition) is 7. The van der Waals surface area contributed by atoms with Gasteiger partial charge in [-0.05, 0) is 30.2 Å². The lowest BCUT2D eigenvalue weighted by molar-refractivity contribution is -0.139. The first-order valence-corrected chi connectivity index (χ1v) is 11.9. The van der Waals surface area contributed by atoms with Crippen LogP contribution in [0.4, 0.5) is 0 Å². The maximum Gasteiger partial charge on any atom is 0.341 e. The van der Waals surface area contributed by atoms with Crippen LogP contribution in [0, 0.1) is 0 Å². The smallest absolute Gasteiger partial charge is 0.341 e. The molecule has 0 aliphatic rings. The Bertz CT molecular complexity index is 1400. The standard InChI is InChI=1S/C29H30N2O7/c1-34-23-13-9-8-12-20(23)22-16-21(30-31(22)15-14-19-10-6-5-7-11-19)27-24(38-18-26(32)33)17-25(35-2)28(36-3)29(27)37-4/h5-13,16-17H,14-15,18H2,1-4H3,(H,32,33). The van der Waals surface area contributed by atoms with E-state index in [1.807, 2.05) is 53.2 Å². The molecule has 0 amide bonds. The summed E-state index contributed by atoms with van der Waals surface area (Å²) in [6, 6.07) is 21.3. The molecule has 0 aliphatic heterocycles. The van der Waals surface area contributed by atoms with Gasteiger partial charge in [0, 0.05) is 18.2 Å². The van der Waals surface area contributed by atoms with Gasteiger partial charge in [0.25, 0.3) is 0 Å². The molecular formula is C29H30N2O7. The van der Waals surface area contributed by atoms with Gasteiger partial charge in [0.15, 0.2) is 18.1 Å². The number of methoxy groups -OCH3 is 4. The molecule has 9 heteroatoms. The fourth-order valence-electron chi connectivity index (χ4n) is 4.29. The molecule has 1 aromatic heterocycles. The molecular weight excluding hydrogens is 488 g/mol. The molecule has 9 nitrogen and oxygen atoms in total. The van der Waals surface area contributed by atoms with Crippen molar-refractivity contribution < 1.29 is 33.6 Å². The van der Waals surface area contributed by atoms with Gasteiger partial charge in [-0.15, -0.1) is 0 Å². The Morgan fingerprint density at radius 3 is 2.16 bits per heavy atom. The van der Waals surface area contributed by atoms with Gasteiger partial charge in [0.05, 0.1) is 39.7 Å². The zero-order valence-electron chi connectivity index (χ0n) is 21.8. The van der Waals surface area contributed by atoms with Gasteiger partial charge in [-0.2, -0.15) is 5.10 Å². The third-order valence-electron chi connectivity index (χ3n) is 6.02. The highest BCUT2D eigenvalue weighted by atomic mass is 16.5. The predicted octanol–water partition coefficient (Wildman–Crippen LogP) is 4.96. The molecule has 0 unspecified atom stereocenters. The second kappa shape index (κ2) is 12.1. The van der Waals surface area contributed by atoms with Gasteiger partial charge in [-0.1, -0.05) is 42.5 Å². The van der Waals surface area contributed by atoms with E-state index in [1.54, 1.807) is 13.2 Å². The van der Waals surface area contributed by atoms with Gasteiger partial charge in [0.2, 0.25) is 5.75 Å². The van der Waals surface area contributed by atoms with E-state index in [9.17, 15) is 9.90 Å². The topological polar surface area (TPSA) is 101 Å². The largest absolute Gasteiger partial charge is 0.496 e. The molecule has 1 N–H and O–H groups in total. The summed E-state index contributed by atoms with van der Waals surface area (Å²) in [5.74, 6) is 0.800. The van der Waals surface area contributed by atoms with Crippen molar-refractivity contribution >= 4 is 5.97 Å². The third kappa shape index (κ3) is 5.51. The van der Waals surface area contributed by atoms with Crippen LogP contribution in [0.1, 0.15) is 5.56 Å². The number of ether oxygens (including phenoxy) is 5. The lowest BCUT2D eigenvalue weighted by Crippen LogP contribution is -2.11. The molecule has 1 heterocycles. The fourth-order valence-corrected chi connectivity index (χ4v) is 4.29. The number of carbonyl (C=O) groups is 1. The summed E-state index contributed by atoms with van der Waals surface area (Å²) in [6.07, 6.45) is 0.746. The summed E-state index contributed by atoms with van der Waals surface area (Å²) in [4.78, 5) is 11.3. The van der Waals surface area contributed by atoms with Crippen molar-refractivity contribution in [1.82, 2.24) is 9.78 Å². The predicted molar refractivity (Wildman–Crippen MR) is 143 cm³/mol. The number of carboxylic acid groups (broad SMARTS) is 1. The highest BCUT2D eigenvalue weighted by Gasteiger charge is 2.27. The first kappa shape index (κ1) is 26.4. The van der Waals surface area contributed by atoms with Crippen molar-refractivity contribution in [2.75, 3.05) is 35.0 Å². The molecule has 0 atom stereocenters. The molecule has 3 aromatic carbocycles. The summed E-state index contributed by atoms with van der Waals surface area (Å²) in [5.41, 5.74) is 3.80. The maximum atomic E-state index is 11.3. The lowest BCUT2D eigenvalue weighted by atomic mass is 10.0. The van der Waals surface area contributed by atoms with E-state index in [0.717, 1.165) is 17.7 Å². The maximum absolute atomic E-state index is 11.3. The molecule has 0 saturated carbocycles. The zero-order valence-corrected chi connectivity index (χ0v) is 21.8. The van der Waals surface area contributed by atoms with Crippen LogP contribution in [0.5, 0.6) is 28.7 Å². The van der Waals surface area contributed by atoms with E-state index >= 15 is 0 Å². The third-order valence-corrected chi connectivity index (χ3v) is 6.02. The van der Waals surface area contributed by atoms with Crippen molar-refractivity contribution in [1.29, 1.82) is 0 Å². The molecule has 0 aliphatic carbocycles. The second-order valence-corrected chi connectivity index (χ2v) is 8.27. The molecule has 0 saturated heterocycles. The molecule has 198 valence electrons. The van der Waals surface area contributed by atoms with Crippen LogP contribution in [-0.4, -0.2) is 55.9 Å². The molecule has 0 spiro atoms. The van der Waals surface area contributed by atoms with Crippen LogP contribution in [0.25, 0.3) is 22.5 Å². The Morgan fingerprint density at radius 2 is 1.50 bits per heavy atom. The van der Waals surface area contributed by atoms with Gasteiger partial charge in [-0.25, -0.2) is 4.79 Å². The number of benzene rings is 3. The van der Waals surface area contributed by atoms with Crippen molar-refractivity contribution in [3.8, 4) is 51.3 Å². The minimum atomic E-state index is -1.12. The number of aliphatic carboxylic acids is 1. The SMILES string of the molecule is COc1ccccc1-c1cc(-c2c(OCC(=O)O)cc(OC)c(OC)c2OC)nn1CCc1ccccc1. The van der Waals surface area contributed by atoms with E-state index in [0.29, 0.717) is 40.8 Å². The van der Waals surface area contributed by atoms with Crippen LogP contribution in [0.2, 0.25) is 0 Å². The van der Waals surface area contributed by atoms with E-state index in [-0.39, 0.29) is 5.75 Å². The summed E-state index contributed by atoms with van der Waals surface area (Å²) in [7, 11) is 6.10. The van der Waals surface area contributed by atoms with Crippen molar-refractivity contribution in [2.45, 2.75) is 13.0 Å². The van der Waals surface area contributed by atoms with Gasteiger partial charge >= 0.3 is 5.97 Å². The fraction of sp³-hybridized carbons (Fsp3) is 0.241. The molecule has 38 heavy (non-hydrogen) atoms. The Kier molecular flexibility index (Phi) is 8.37. The number of para-hydroxylation sites is 1. The number of carboxylic acids is 1. The zero-order chi connectivity index (χ0) is 27.1. The number of nitrogens with zero attached hydrogens (tertiary/aromatic N) is 2. The van der Waals surface area contributed by atoms with Crippen LogP contribution < -0.4 is 23.7 Å². The van der Waals surface area contributed by atoms with E-state index < -0.39 is 12.6 Å². The normalized spacial score (nSPS) is 10.6. The second-order valence-electron chi connectivity index (χ2n) is 8.27. The summed E-state index contributed by atoms with van der Waals surface area (Å²) in [5, 5.41) is 14.2. The highest BCUT2D eigenvalue weighted by Crippen LogP contribution is 2.50. The number of aromatic nitrogens is 2. The summed E-state index contributed by atoms with van der Waals surface area (Å²) in [6.45, 7) is 0.0258. The van der Waals surface area contributed by atoms with Gasteiger partial charge in [0.1, 0.15) is 17.2 Å². The summed E-state index contributed by atoms with van der Waals surface area (Å²) < 4.78 is 30.0. The molecule has 4 rings (SSSR count). The molecule has 0 radical (unpaired) electrons. The minimum Gasteiger partial charge on any atom is -0.496 e. The molecule has 0 bridgehead atoms. The Balaban J connectivity index is 1.91. The summed E-state index contributed by atoms with van der Waals surface area (Å²) >= 11 is 0. The number of rotatable bonds is 12. The highest BCUT2D eigenvalue weighted by molar-refractivity contribution is 5.83. The molecule has 0 fully saturated rings. The van der Waals surface area contributed by atoms with E-state index in [4.69, 9.17) is 28.8 Å². The Labute approximate surface area is 221 Å². The first-order valence-electron chi connectivity index (χ1n) is 11.9. The van der Waals surface area contributed by atoms with E-state index in [1.165, 1.54) is 26.9 Å². The quantitative estimate of drug-likeness (QED) is 0.281. The number of hydrogen-bond donors (Lipinski definition) is 1. The molecule has 4 aromatic rings. The van der Waals surface area contributed by atoms with Crippen LogP contribution in [0.3, 0.4) is 0 Å². The lowest BCUT2D eigenvalue weighted by Gasteiger charge is -2.18. The van der Waals surface area contributed by atoms with Gasteiger partial charge < -0.3 is 28.8 Å². The Hall–Kier alpha value is -4.66. The van der Waals surface area contributed by atoms with Crippen molar-refractivity contribution in [3.05, 3.63) is 72.3 Å². The average Bonchev–Trinajstić information content (AvgIpc) is 3.37. The van der Waals surface area contributed by atoms with Crippen LogP contribution in [-0.2, 0) is 17.8 Å². The monoisotopic (exact) mass is 518 g/mol. The van der Waals surface area contributed by atoms with Crippen LogP contribution in [0.15, 0.2) is 66.7 Å². The van der Waals surface area contributed by atoms with Crippen molar-refractivity contribution in [3.63, 3.8) is 0 Å². The minimum absolute atomic E-state index is 0.237. The number of aryl methyl sites for hydroxylation is 2. The first-order chi connectivity index (χ1) is 18.5.